The first-order valence-corrected chi connectivity index (χ1v) is 7.16. The quantitative estimate of drug-likeness (QED) is 0.895. The van der Waals surface area contributed by atoms with Crippen LogP contribution in [0.5, 0.6) is 0 Å². The van der Waals surface area contributed by atoms with Gasteiger partial charge in [-0.3, -0.25) is 0 Å². The van der Waals surface area contributed by atoms with Gasteiger partial charge in [0.15, 0.2) is 0 Å². The minimum atomic E-state index is -0.0803. The van der Waals surface area contributed by atoms with Gasteiger partial charge in [-0.05, 0) is 30.2 Å². The first-order chi connectivity index (χ1) is 9.20. The molecule has 0 aliphatic rings. The fourth-order valence-electron chi connectivity index (χ4n) is 2.00. The van der Waals surface area contributed by atoms with Crippen LogP contribution in [0.25, 0.3) is 0 Å². The van der Waals surface area contributed by atoms with E-state index in [1.807, 2.05) is 42.5 Å². The molecular formula is C16H18BrNO. The second kappa shape index (κ2) is 6.85. The van der Waals surface area contributed by atoms with Gasteiger partial charge in [0.2, 0.25) is 0 Å². The smallest absolute Gasteiger partial charge is 0.0955 e. The highest BCUT2D eigenvalue weighted by Crippen LogP contribution is 2.26. The van der Waals surface area contributed by atoms with Crippen LogP contribution >= 0.6 is 15.9 Å². The van der Waals surface area contributed by atoms with Gasteiger partial charge in [0.1, 0.15) is 0 Å². The van der Waals surface area contributed by atoms with Crippen molar-refractivity contribution in [2.75, 3.05) is 6.54 Å². The molecule has 0 radical (unpaired) electrons. The average Bonchev–Trinajstić information content (AvgIpc) is 2.46. The largest absolute Gasteiger partial charge is 0.365 e. The predicted molar refractivity (Wildman–Crippen MR) is 81.9 cm³/mol. The second-order valence-corrected chi connectivity index (χ2v) is 5.38. The van der Waals surface area contributed by atoms with Gasteiger partial charge in [0.05, 0.1) is 12.2 Å². The van der Waals surface area contributed by atoms with Crippen LogP contribution in [-0.2, 0) is 4.74 Å². The van der Waals surface area contributed by atoms with Crippen LogP contribution in [0, 0.1) is 0 Å². The Labute approximate surface area is 122 Å². The molecule has 0 amide bonds. The fraction of sp³-hybridized carbons (Fsp3) is 0.250. The van der Waals surface area contributed by atoms with Crippen LogP contribution in [0.15, 0.2) is 59.1 Å². The molecular weight excluding hydrogens is 302 g/mol. The summed E-state index contributed by atoms with van der Waals surface area (Å²) in [5.74, 6) is 0. The fourth-order valence-corrected chi connectivity index (χ4v) is 2.26. The van der Waals surface area contributed by atoms with Crippen LogP contribution in [0.4, 0.5) is 0 Å². The lowest BCUT2D eigenvalue weighted by Gasteiger charge is -2.22. The number of halogens is 1. The molecule has 2 N–H and O–H groups in total. The topological polar surface area (TPSA) is 35.2 Å². The molecule has 0 heterocycles. The van der Waals surface area contributed by atoms with E-state index in [0.29, 0.717) is 6.54 Å². The normalized spacial score (nSPS) is 14.1. The van der Waals surface area contributed by atoms with Gasteiger partial charge < -0.3 is 10.5 Å². The predicted octanol–water partition coefficient (Wildman–Crippen LogP) is 4.23. The maximum absolute atomic E-state index is 6.07. The summed E-state index contributed by atoms with van der Waals surface area (Å²) in [5, 5.41) is 0. The van der Waals surface area contributed by atoms with Gasteiger partial charge >= 0.3 is 0 Å². The molecule has 19 heavy (non-hydrogen) atoms. The molecule has 2 aromatic rings. The Hall–Kier alpha value is -1.16. The van der Waals surface area contributed by atoms with E-state index in [-0.39, 0.29) is 12.2 Å². The van der Waals surface area contributed by atoms with Crippen LogP contribution in [0.3, 0.4) is 0 Å². The molecule has 0 spiro atoms. The van der Waals surface area contributed by atoms with Crippen molar-refractivity contribution in [1.82, 2.24) is 0 Å². The number of hydrogen-bond donors (Lipinski definition) is 1. The molecule has 0 aromatic heterocycles. The van der Waals surface area contributed by atoms with Crippen LogP contribution in [-0.4, -0.2) is 6.54 Å². The van der Waals surface area contributed by atoms with Crippen molar-refractivity contribution in [2.24, 2.45) is 5.73 Å². The zero-order chi connectivity index (χ0) is 13.7. The highest BCUT2D eigenvalue weighted by atomic mass is 79.9. The van der Waals surface area contributed by atoms with Crippen molar-refractivity contribution < 1.29 is 4.74 Å². The Bertz CT molecular complexity index is 498. The van der Waals surface area contributed by atoms with E-state index in [9.17, 15) is 0 Å². The minimum absolute atomic E-state index is 0.0263. The molecule has 0 fully saturated rings. The lowest BCUT2D eigenvalue weighted by molar-refractivity contribution is 0.000224. The van der Waals surface area contributed by atoms with E-state index in [1.165, 1.54) is 0 Å². The third kappa shape index (κ3) is 3.90. The Morgan fingerprint density at radius 1 is 1.00 bits per heavy atom. The first kappa shape index (κ1) is 14.3. The Balaban J connectivity index is 2.09. The van der Waals surface area contributed by atoms with E-state index in [0.717, 1.165) is 15.6 Å². The SMILES string of the molecule is CC(OC(CN)c1ccc(Br)cc1)c1ccccc1. The molecule has 2 rings (SSSR count). The molecule has 2 unspecified atom stereocenters. The van der Waals surface area contributed by atoms with E-state index in [2.05, 4.69) is 35.0 Å². The van der Waals surface area contributed by atoms with Crippen LogP contribution in [0.1, 0.15) is 30.3 Å². The number of nitrogens with two attached hydrogens (primary N) is 1. The molecule has 0 aliphatic carbocycles. The molecule has 0 bridgehead atoms. The summed E-state index contributed by atoms with van der Waals surface area (Å²) in [6.45, 7) is 2.52. The maximum atomic E-state index is 6.07. The number of hydrogen-bond acceptors (Lipinski definition) is 2. The van der Waals surface area contributed by atoms with Crippen molar-refractivity contribution in [3.63, 3.8) is 0 Å². The van der Waals surface area contributed by atoms with Crippen molar-refractivity contribution in [3.05, 3.63) is 70.2 Å². The average molecular weight is 320 g/mol. The summed E-state index contributed by atoms with van der Waals surface area (Å²) in [5.41, 5.74) is 8.10. The third-order valence-corrected chi connectivity index (χ3v) is 3.62. The summed E-state index contributed by atoms with van der Waals surface area (Å²) in [6, 6.07) is 18.3. The van der Waals surface area contributed by atoms with Gasteiger partial charge in [0, 0.05) is 11.0 Å². The van der Waals surface area contributed by atoms with Crippen LogP contribution in [0.2, 0.25) is 0 Å². The highest BCUT2D eigenvalue weighted by molar-refractivity contribution is 9.10. The molecule has 2 atom stereocenters. The summed E-state index contributed by atoms with van der Waals surface area (Å²) in [4.78, 5) is 0. The number of benzene rings is 2. The molecule has 0 aliphatic heterocycles. The van der Waals surface area contributed by atoms with Gasteiger partial charge in [-0.1, -0.05) is 58.4 Å². The van der Waals surface area contributed by atoms with Crippen molar-refractivity contribution in [2.45, 2.75) is 19.1 Å². The molecule has 0 saturated carbocycles. The molecule has 0 saturated heterocycles. The first-order valence-electron chi connectivity index (χ1n) is 6.36. The van der Waals surface area contributed by atoms with Crippen molar-refractivity contribution in [3.8, 4) is 0 Å². The zero-order valence-electron chi connectivity index (χ0n) is 10.9. The summed E-state index contributed by atoms with van der Waals surface area (Å²) < 4.78 is 7.13. The lowest BCUT2D eigenvalue weighted by Crippen LogP contribution is -2.17. The van der Waals surface area contributed by atoms with Gasteiger partial charge in [-0.25, -0.2) is 0 Å². The van der Waals surface area contributed by atoms with Crippen molar-refractivity contribution in [1.29, 1.82) is 0 Å². The summed E-state index contributed by atoms with van der Waals surface area (Å²) in [7, 11) is 0. The Kier molecular flexibility index (Phi) is 5.14. The zero-order valence-corrected chi connectivity index (χ0v) is 12.5. The third-order valence-electron chi connectivity index (χ3n) is 3.09. The molecule has 3 heteroatoms. The van der Waals surface area contributed by atoms with E-state index in [1.54, 1.807) is 0 Å². The van der Waals surface area contributed by atoms with Gasteiger partial charge in [-0.15, -0.1) is 0 Å². The summed E-state index contributed by atoms with van der Waals surface area (Å²) in [6.07, 6.45) is -0.0540. The Morgan fingerprint density at radius 2 is 1.63 bits per heavy atom. The van der Waals surface area contributed by atoms with E-state index in [4.69, 9.17) is 10.5 Å². The van der Waals surface area contributed by atoms with Crippen molar-refractivity contribution >= 4 is 15.9 Å². The summed E-state index contributed by atoms with van der Waals surface area (Å²) >= 11 is 3.43. The lowest BCUT2D eigenvalue weighted by atomic mass is 10.1. The standard InChI is InChI=1S/C16H18BrNO/c1-12(13-5-3-2-4-6-13)19-16(11-18)14-7-9-15(17)10-8-14/h2-10,12,16H,11,18H2,1H3. The van der Waals surface area contributed by atoms with E-state index < -0.39 is 0 Å². The minimum Gasteiger partial charge on any atom is -0.365 e. The van der Waals surface area contributed by atoms with E-state index >= 15 is 0 Å². The molecule has 100 valence electrons. The Morgan fingerprint density at radius 3 is 2.21 bits per heavy atom. The van der Waals surface area contributed by atoms with Gasteiger partial charge in [-0.2, -0.15) is 0 Å². The number of ether oxygens (including phenoxy) is 1. The van der Waals surface area contributed by atoms with Crippen LogP contribution < -0.4 is 5.73 Å². The molecule has 2 nitrogen and oxygen atoms in total. The molecule has 2 aromatic carbocycles. The maximum Gasteiger partial charge on any atom is 0.0955 e. The highest BCUT2D eigenvalue weighted by Gasteiger charge is 2.15. The second-order valence-electron chi connectivity index (χ2n) is 4.46. The van der Waals surface area contributed by atoms with Gasteiger partial charge in [0.25, 0.3) is 0 Å². The monoisotopic (exact) mass is 319 g/mol. The number of rotatable bonds is 5.